The van der Waals surface area contributed by atoms with Crippen molar-refractivity contribution in [3.05, 3.63) is 113 Å². The third-order valence-corrected chi connectivity index (χ3v) is 6.47. The SMILES string of the molecule is CC1=C(c2nc(-c3ccc(F)cc3)no2)C(c2cccc(F)c2)NC(=S)N1Cc1ccccc1C. The molecule has 176 valence electrons. The van der Waals surface area contributed by atoms with Crippen LogP contribution >= 0.6 is 12.2 Å². The van der Waals surface area contributed by atoms with Crippen LogP contribution in [0.15, 0.2) is 83.0 Å². The highest BCUT2D eigenvalue weighted by Crippen LogP contribution is 2.38. The van der Waals surface area contributed by atoms with Crippen LogP contribution in [0.2, 0.25) is 0 Å². The van der Waals surface area contributed by atoms with Crippen molar-refractivity contribution >= 4 is 22.9 Å². The Balaban J connectivity index is 1.61. The molecule has 0 aliphatic carbocycles. The lowest BCUT2D eigenvalue weighted by atomic mass is 9.94. The zero-order valence-electron chi connectivity index (χ0n) is 19.1. The average molecular weight is 489 g/mol. The van der Waals surface area contributed by atoms with Gasteiger partial charge in [0.2, 0.25) is 5.82 Å². The van der Waals surface area contributed by atoms with Crippen LogP contribution in [-0.4, -0.2) is 20.2 Å². The number of rotatable bonds is 5. The Morgan fingerprint density at radius 2 is 1.74 bits per heavy atom. The minimum atomic E-state index is -0.493. The fraction of sp³-hybridized carbons (Fsp3) is 0.148. The molecule has 0 spiro atoms. The Hall–Kier alpha value is -3.91. The number of aromatic nitrogens is 2. The largest absolute Gasteiger partial charge is 0.351 e. The van der Waals surface area contributed by atoms with Crippen molar-refractivity contribution in [1.29, 1.82) is 0 Å². The Labute approximate surface area is 207 Å². The van der Waals surface area contributed by atoms with Gasteiger partial charge in [-0.15, -0.1) is 0 Å². The van der Waals surface area contributed by atoms with Crippen molar-refractivity contribution in [2.24, 2.45) is 0 Å². The quantitative estimate of drug-likeness (QED) is 0.338. The first-order valence-electron chi connectivity index (χ1n) is 11.1. The van der Waals surface area contributed by atoms with Gasteiger partial charge in [0.25, 0.3) is 5.89 Å². The van der Waals surface area contributed by atoms with Gasteiger partial charge in [-0.25, -0.2) is 8.78 Å². The molecule has 0 saturated heterocycles. The summed E-state index contributed by atoms with van der Waals surface area (Å²) in [6, 6.07) is 19.8. The molecule has 0 saturated carbocycles. The summed E-state index contributed by atoms with van der Waals surface area (Å²) in [6.45, 7) is 4.54. The van der Waals surface area contributed by atoms with E-state index in [4.69, 9.17) is 16.7 Å². The average Bonchev–Trinajstić information content (AvgIpc) is 3.32. The molecule has 0 amide bonds. The van der Waals surface area contributed by atoms with Crippen LogP contribution in [0.25, 0.3) is 17.0 Å². The van der Waals surface area contributed by atoms with Crippen LogP contribution in [0.4, 0.5) is 8.78 Å². The summed E-state index contributed by atoms with van der Waals surface area (Å²) >= 11 is 5.74. The number of hydrogen-bond donors (Lipinski definition) is 1. The maximum absolute atomic E-state index is 14.1. The summed E-state index contributed by atoms with van der Waals surface area (Å²) in [4.78, 5) is 6.58. The molecule has 0 radical (unpaired) electrons. The fourth-order valence-electron chi connectivity index (χ4n) is 4.19. The Morgan fingerprint density at radius 3 is 2.49 bits per heavy atom. The molecule has 0 fully saturated rings. The molecule has 35 heavy (non-hydrogen) atoms. The Kier molecular flexibility index (Phi) is 6.13. The molecule has 5 rings (SSSR count). The molecule has 4 aromatic rings. The second-order valence-electron chi connectivity index (χ2n) is 8.38. The van der Waals surface area contributed by atoms with Gasteiger partial charge in [0.1, 0.15) is 11.6 Å². The zero-order valence-corrected chi connectivity index (χ0v) is 19.9. The van der Waals surface area contributed by atoms with E-state index in [9.17, 15) is 8.78 Å². The summed E-state index contributed by atoms with van der Waals surface area (Å²) in [5, 5.41) is 7.97. The highest BCUT2D eigenvalue weighted by Gasteiger charge is 2.34. The van der Waals surface area contributed by atoms with Crippen LogP contribution in [0.3, 0.4) is 0 Å². The molecule has 1 unspecified atom stereocenters. The number of nitrogens with zero attached hydrogens (tertiary/aromatic N) is 3. The second-order valence-corrected chi connectivity index (χ2v) is 8.77. The van der Waals surface area contributed by atoms with E-state index in [0.717, 1.165) is 16.8 Å². The van der Waals surface area contributed by atoms with Crippen molar-refractivity contribution in [2.75, 3.05) is 0 Å². The monoisotopic (exact) mass is 488 g/mol. The summed E-state index contributed by atoms with van der Waals surface area (Å²) in [5.74, 6) is -0.0936. The van der Waals surface area contributed by atoms with Gasteiger partial charge in [-0.3, -0.25) is 0 Å². The lowest BCUT2D eigenvalue weighted by molar-refractivity contribution is 0.396. The lowest BCUT2D eigenvalue weighted by Crippen LogP contribution is -2.45. The molecule has 1 aliphatic rings. The summed E-state index contributed by atoms with van der Waals surface area (Å²) in [6.07, 6.45) is 0. The number of hydrogen-bond acceptors (Lipinski definition) is 4. The van der Waals surface area contributed by atoms with Gasteiger partial charge in [-0.1, -0.05) is 41.6 Å². The molecule has 1 N–H and O–H groups in total. The zero-order chi connectivity index (χ0) is 24.5. The molecule has 0 bridgehead atoms. The smallest absolute Gasteiger partial charge is 0.258 e. The van der Waals surface area contributed by atoms with E-state index >= 15 is 0 Å². The minimum absolute atomic E-state index is 0.279. The number of allylic oxidation sites excluding steroid dienone is 1. The first-order chi connectivity index (χ1) is 16.9. The minimum Gasteiger partial charge on any atom is -0.351 e. The molecule has 1 aliphatic heterocycles. The van der Waals surface area contributed by atoms with Crippen molar-refractivity contribution < 1.29 is 13.3 Å². The maximum Gasteiger partial charge on any atom is 0.258 e. The molecular weight excluding hydrogens is 466 g/mol. The Bertz CT molecular complexity index is 1430. The molecule has 2 heterocycles. The second kappa shape index (κ2) is 9.38. The van der Waals surface area contributed by atoms with Crippen molar-refractivity contribution in [3.63, 3.8) is 0 Å². The van der Waals surface area contributed by atoms with Crippen LogP contribution in [0.1, 0.15) is 35.5 Å². The van der Waals surface area contributed by atoms with Crippen LogP contribution < -0.4 is 5.32 Å². The van der Waals surface area contributed by atoms with Gasteiger partial charge in [0, 0.05) is 11.3 Å². The van der Waals surface area contributed by atoms with E-state index in [1.54, 1.807) is 18.2 Å². The van der Waals surface area contributed by atoms with Gasteiger partial charge in [0.15, 0.2) is 5.11 Å². The first kappa shape index (κ1) is 22.9. The van der Waals surface area contributed by atoms with Crippen LogP contribution in [0.5, 0.6) is 0 Å². The third kappa shape index (κ3) is 4.57. The van der Waals surface area contributed by atoms with Crippen molar-refractivity contribution in [1.82, 2.24) is 20.4 Å². The van der Waals surface area contributed by atoms with Crippen LogP contribution in [-0.2, 0) is 6.54 Å². The number of halogens is 2. The number of nitrogens with one attached hydrogen (secondary N) is 1. The van der Waals surface area contributed by atoms with Crippen LogP contribution in [0, 0.1) is 18.6 Å². The first-order valence-corrected chi connectivity index (χ1v) is 11.5. The summed E-state index contributed by atoms with van der Waals surface area (Å²) < 4.78 is 33.2. The lowest BCUT2D eigenvalue weighted by Gasteiger charge is -2.37. The normalized spacial score (nSPS) is 15.9. The standard InChI is InChI=1S/C27H22F2N4OS/c1-16-6-3-4-7-20(16)15-33-17(2)23(24(30-27(33)35)19-8-5-9-22(29)14-19)26-31-25(32-34-26)18-10-12-21(28)13-11-18/h3-14,24H,15H2,1-2H3,(H,30,35). The van der Waals surface area contributed by atoms with E-state index in [1.165, 1.54) is 24.3 Å². The molecular formula is C27H22F2N4OS. The predicted octanol–water partition coefficient (Wildman–Crippen LogP) is 6.19. The van der Waals surface area contributed by atoms with E-state index in [0.29, 0.717) is 34.2 Å². The van der Waals surface area contributed by atoms with E-state index in [2.05, 4.69) is 34.5 Å². The number of benzene rings is 3. The van der Waals surface area contributed by atoms with E-state index in [-0.39, 0.29) is 17.5 Å². The highest BCUT2D eigenvalue weighted by molar-refractivity contribution is 7.80. The Morgan fingerprint density at radius 1 is 0.971 bits per heavy atom. The van der Waals surface area contributed by atoms with Gasteiger partial charge in [-0.05, 0) is 79.2 Å². The fourth-order valence-corrected chi connectivity index (χ4v) is 4.51. The van der Waals surface area contributed by atoms with Crippen molar-refractivity contribution in [2.45, 2.75) is 26.4 Å². The third-order valence-electron chi connectivity index (χ3n) is 6.13. The van der Waals surface area contributed by atoms with Gasteiger partial charge in [-0.2, -0.15) is 4.98 Å². The number of thiocarbonyl (C=S) groups is 1. The van der Waals surface area contributed by atoms with E-state index < -0.39 is 6.04 Å². The van der Waals surface area contributed by atoms with Gasteiger partial charge < -0.3 is 14.7 Å². The molecule has 8 heteroatoms. The number of aryl methyl sites for hydroxylation is 1. The maximum atomic E-state index is 14.1. The van der Waals surface area contributed by atoms with E-state index in [1.807, 2.05) is 30.0 Å². The molecule has 3 aromatic carbocycles. The van der Waals surface area contributed by atoms with Gasteiger partial charge >= 0.3 is 0 Å². The van der Waals surface area contributed by atoms with Gasteiger partial charge in [0.05, 0.1) is 18.2 Å². The molecule has 1 atom stereocenters. The highest BCUT2D eigenvalue weighted by atomic mass is 32.1. The molecule has 1 aromatic heterocycles. The summed E-state index contributed by atoms with van der Waals surface area (Å²) in [5.41, 5.74) is 5.08. The van der Waals surface area contributed by atoms with Crippen molar-refractivity contribution in [3.8, 4) is 11.4 Å². The predicted molar refractivity (Wildman–Crippen MR) is 134 cm³/mol. The molecule has 5 nitrogen and oxygen atoms in total. The topological polar surface area (TPSA) is 54.2 Å². The summed E-state index contributed by atoms with van der Waals surface area (Å²) in [7, 11) is 0.